The Bertz CT molecular complexity index is 1590. The zero-order valence-corrected chi connectivity index (χ0v) is 19.2. The second-order valence-corrected chi connectivity index (χ2v) is 8.78. The molecule has 0 fully saturated rings. The zero-order valence-electron chi connectivity index (χ0n) is 17.7. The van der Waals surface area contributed by atoms with Crippen LogP contribution in [0.3, 0.4) is 0 Å². The molecule has 0 unspecified atom stereocenters. The van der Waals surface area contributed by atoms with Crippen LogP contribution in [0.25, 0.3) is 38.8 Å². The van der Waals surface area contributed by atoms with E-state index in [4.69, 9.17) is 4.74 Å². The summed E-state index contributed by atoms with van der Waals surface area (Å²) in [6.45, 7) is 0. The third-order valence-corrected chi connectivity index (χ3v) is 6.20. The lowest BCUT2D eigenvalue weighted by Crippen LogP contribution is -1.96. The summed E-state index contributed by atoms with van der Waals surface area (Å²) >= 11 is 3.64. The van der Waals surface area contributed by atoms with Crippen molar-refractivity contribution in [3.05, 3.63) is 120 Å². The Morgan fingerprint density at radius 2 is 1.39 bits per heavy atom. The van der Waals surface area contributed by atoms with Gasteiger partial charge in [-0.05, 0) is 59.7 Å². The lowest BCUT2D eigenvalue weighted by molar-refractivity contribution is 0.483. The Morgan fingerprint density at radius 3 is 2.24 bits per heavy atom. The van der Waals surface area contributed by atoms with Crippen molar-refractivity contribution < 1.29 is 4.74 Å². The minimum atomic E-state index is 0.777. The van der Waals surface area contributed by atoms with Gasteiger partial charge in [0.25, 0.3) is 0 Å². The van der Waals surface area contributed by atoms with Gasteiger partial charge in [0.1, 0.15) is 17.3 Å². The number of rotatable bonds is 4. The van der Waals surface area contributed by atoms with E-state index in [1.54, 1.807) is 0 Å². The Kier molecular flexibility index (Phi) is 4.93. The van der Waals surface area contributed by atoms with E-state index in [0.29, 0.717) is 0 Å². The van der Waals surface area contributed by atoms with Crippen molar-refractivity contribution in [1.82, 2.24) is 9.55 Å². The number of ether oxygens (including phenoxy) is 1. The highest BCUT2D eigenvalue weighted by Gasteiger charge is 2.14. The molecule has 33 heavy (non-hydrogen) atoms. The van der Waals surface area contributed by atoms with E-state index < -0.39 is 0 Å². The maximum atomic E-state index is 6.35. The van der Waals surface area contributed by atoms with Crippen LogP contribution in [-0.2, 0) is 0 Å². The van der Waals surface area contributed by atoms with Gasteiger partial charge in [-0.2, -0.15) is 0 Å². The van der Waals surface area contributed by atoms with Crippen molar-refractivity contribution in [1.29, 1.82) is 0 Å². The highest BCUT2D eigenvalue weighted by molar-refractivity contribution is 9.10. The molecule has 0 aliphatic carbocycles. The molecule has 0 spiro atoms. The SMILES string of the molecule is Brc1cc(Oc2ccc3c4ccccc4n(-c4ccccn4)c3c2)cc(-c2ccccc2)c1. The Labute approximate surface area is 200 Å². The number of aromatic nitrogens is 2. The quantitative estimate of drug-likeness (QED) is 0.248. The molecule has 4 heteroatoms. The largest absolute Gasteiger partial charge is 0.457 e. The van der Waals surface area contributed by atoms with Crippen molar-refractivity contribution in [2.45, 2.75) is 0 Å². The van der Waals surface area contributed by atoms with Crippen LogP contribution in [0.2, 0.25) is 0 Å². The van der Waals surface area contributed by atoms with Crippen molar-refractivity contribution in [2.75, 3.05) is 0 Å². The number of halogens is 1. The fourth-order valence-corrected chi connectivity index (χ4v) is 4.77. The van der Waals surface area contributed by atoms with E-state index in [9.17, 15) is 0 Å². The third-order valence-electron chi connectivity index (χ3n) is 5.74. The molecule has 0 N–H and O–H groups in total. The number of fused-ring (bicyclic) bond motifs is 3. The number of hydrogen-bond acceptors (Lipinski definition) is 2. The summed E-state index contributed by atoms with van der Waals surface area (Å²) in [7, 11) is 0. The predicted octanol–water partition coefficient (Wildman–Crippen LogP) is 8.40. The van der Waals surface area contributed by atoms with Gasteiger partial charge in [0.2, 0.25) is 0 Å². The monoisotopic (exact) mass is 490 g/mol. The van der Waals surface area contributed by atoms with Gasteiger partial charge in [0.15, 0.2) is 0 Å². The van der Waals surface area contributed by atoms with Gasteiger partial charge in [-0.3, -0.25) is 4.57 Å². The number of hydrogen-bond donors (Lipinski definition) is 0. The maximum absolute atomic E-state index is 6.35. The number of para-hydroxylation sites is 1. The molecule has 0 bridgehead atoms. The molecule has 2 aromatic heterocycles. The molecule has 6 aromatic rings. The summed E-state index contributed by atoms with van der Waals surface area (Å²) in [5, 5.41) is 2.36. The van der Waals surface area contributed by atoms with Crippen LogP contribution in [0.4, 0.5) is 0 Å². The molecular formula is C29H19BrN2O. The number of nitrogens with zero attached hydrogens (tertiary/aromatic N) is 2. The molecule has 4 aromatic carbocycles. The molecule has 0 amide bonds. The predicted molar refractivity (Wildman–Crippen MR) is 138 cm³/mol. The molecule has 0 aliphatic heterocycles. The fourth-order valence-electron chi connectivity index (χ4n) is 4.30. The van der Waals surface area contributed by atoms with Crippen LogP contribution in [0, 0.1) is 0 Å². The van der Waals surface area contributed by atoms with E-state index in [0.717, 1.165) is 43.9 Å². The molecule has 0 saturated heterocycles. The summed E-state index contributed by atoms with van der Waals surface area (Å²) in [6, 6.07) is 37.1. The van der Waals surface area contributed by atoms with E-state index in [2.05, 4.69) is 86.1 Å². The summed E-state index contributed by atoms with van der Waals surface area (Å²) in [5.74, 6) is 2.44. The summed E-state index contributed by atoms with van der Waals surface area (Å²) in [6.07, 6.45) is 1.82. The van der Waals surface area contributed by atoms with Crippen LogP contribution < -0.4 is 4.74 Å². The minimum Gasteiger partial charge on any atom is -0.457 e. The topological polar surface area (TPSA) is 27.1 Å². The van der Waals surface area contributed by atoms with E-state index in [-0.39, 0.29) is 0 Å². The summed E-state index contributed by atoms with van der Waals surface area (Å²) in [5.41, 5.74) is 4.43. The third kappa shape index (κ3) is 3.69. The average molecular weight is 491 g/mol. The molecule has 0 saturated carbocycles. The lowest BCUT2D eigenvalue weighted by atomic mass is 10.1. The van der Waals surface area contributed by atoms with Gasteiger partial charge in [-0.25, -0.2) is 4.98 Å². The van der Waals surface area contributed by atoms with Crippen LogP contribution in [-0.4, -0.2) is 9.55 Å². The van der Waals surface area contributed by atoms with Crippen LogP contribution in [0.1, 0.15) is 0 Å². The minimum absolute atomic E-state index is 0.777. The second-order valence-electron chi connectivity index (χ2n) is 7.86. The Morgan fingerprint density at radius 1 is 0.606 bits per heavy atom. The molecule has 0 radical (unpaired) electrons. The lowest BCUT2D eigenvalue weighted by Gasteiger charge is -2.11. The second kappa shape index (κ2) is 8.23. The smallest absolute Gasteiger partial charge is 0.137 e. The van der Waals surface area contributed by atoms with Crippen LogP contribution >= 0.6 is 15.9 Å². The Balaban J connectivity index is 1.47. The molecule has 0 aliphatic rings. The molecular weight excluding hydrogens is 472 g/mol. The molecule has 0 atom stereocenters. The Hall–Kier alpha value is -3.89. The zero-order chi connectivity index (χ0) is 22.2. The van der Waals surface area contributed by atoms with Crippen molar-refractivity contribution in [3.8, 4) is 28.4 Å². The maximum Gasteiger partial charge on any atom is 0.137 e. The van der Waals surface area contributed by atoms with Crippen molar-refractivity contribution in [3.63, 3.8) is 0 Å². The fraction of sp³-hybridized carbons (Fsp3) is 0. The first-order valence-electron chi connectivity index (χ1n) is 10.7. The first-order chi connectivity index (χ1) is 16.3. The van der Waals surface area contributed by atoms with Gasteiger partial charge < -0.3 is 4.74 Å². The average Bonchev–Trinajstić information content (AvgIpc) is 3.18. The van der Waals surface area contributed by atoms with Gasteiger partial charge in [-0.15, -0.1) is 0 Å². The van der Waals surface area contributed by atoms with Gasteiger partial charge in [0, 0.05) is 27.5 Å². The molecule has 3 nitrogen and oxygen atoms in total. The highest BCUT2D eigenvalue weighted by Crippen LogP contribution is 2.36. The molecule has 2 heterocycles. The van der Waals surface area contributed by atoms with E-state index in [1.165, 1.54) is 10.8 Å². The first kappa shape index (κ1) is 19.8. The standard InChI is InChI=1S/C29H19BrN2O/c30-22-16-21(20-8-2-1-3-9-20)17-24(18-22)33-23-13-14-26-25-10-4-5-11-27(25)32(28(26)19-23)29-12-6-7-15-31-29/h1-19H. The summed E-state index contributed by atoms with van der Waals surface area (Å²) in [4.78, 5) is 4.61. The summed E-state index contributed by atoms with van der Waals surface area (Å²) < 4.78 is 9.52. The van der Waals surface area contributed by atoms with Gasteiger partial charge >= 0.3 is 0 Å². The van der Waals surface area contributed by atoms with Crippen molar-refractivity contribution >= 4 is 37.7 Å². The number of pyridine rings is 1. The van der Waals surface area contributed by atoms with Crippen molar-refractivity contribution in [2.24, 2.45) is 0 Å². The highest BCUT2D eigenvalue weighted by atomic mass is 79.9. The van der Waals surface area contributed by atoms with E-state index in [1.807, 2.05) is 54.7 Å². The van der Waals surface area contributed by atoms with Gasteiger partial charge in [0.05, 0.1) is 11.0 Å². The number of benzene rings is 4. The van der Waals surface area contributed by atoms with Crippen LogP contribution in [0.15, 0.2) is 120 Å². The molecule has 158 valence electrons. The van der Waals surface area contributed by atoms with Gasteiger partial charge in [-0.1, -0.05) is 70.5 Å². The van der Waals surface area contributed by atoms with Crippen LogP contribution in [0.5, 0.6) is 11.5 Å². The van der Waals surface area contributed by atoms with E-state index >= 15 is 0 Å². The normalized spacial score (nSPS) is 11.2. The molecule has 6 rings (SSSR count). The first-order valence-corrected chi connectivity index (χ1v) is 11.5.